The Balaban J connectivity index is 1.86. The van der Waals surface area contributed by atoms with Crippen LogP contribution in [0, 0.1) is 11.8 Å². The van der Waals surface area contributed by atoms with E-state index in [1.807, 2.05) is 0 Å². The molecule has 0 aromatic heterocycles. The number of rotatable bonds is 1. The average molecular weight is 187 g/mol. The monoisotopic (exact) mass is 187 g/mol. The van der Waals surface area contributed by atoms with Gasteiger partial charge in [-0.15, -0.1) is 0 Å². The van der Waals surface area contributed by atoms with Gasteiger partial charge in [0.1, 0.15) is 0 Å². The smallest absolute Gasteiger partial charge is 0.0351 e. The Morgan fingerprint density at radius 2 is 1.93 bits per heavy atom. The summed E-state index contributed by atoms with van der Waals surface area (Å²) >= 11 is 0. The number of fused-ring (bicyclic) bond motifs is 1. The summed E-state index contributed by atoms with van der Waals surface area (Å²) in [6.07, 6.45) is 4.32. The fourth-order valence-corrected chi connectivity index (χ4v) is 3.21. The third-order valence-corrected chi connectivity index (χ3v) is 3.90. The van der Waals surface area contributed by atoms with E-state index in [9.17, 15) is 0 Å². The zero-order valence-corrected chi connectivity index (χ0v) is 8.45. The van der Waals surface area contributed by atoms with E-state index in [2.05, 4.69) is 35.6 Å². The van der Waals surface area contributed by atoms with Crippen molar-refractivity contribution in [2.45, 2.75) is 25.3 Å². The van der Waals surface area contributed by atoms with Gasteiger partial charge < -0.3 is 5.32 Å². The quantitative estimate of drug-likeness (QED) is 0.713. The molecule has 1 aliphatic heterocycles. The van der Waals surface area contributed by atoms with Gasteiger partial charge in [0.15, 0.2) is 0 Å². The second-order valence-electron chi connectivity index (χ2n) is 4.65. The van der Waals surface area contributed by atoms with Crippen LogP contribution in [0.3, 0.4) is 0 Å². The van der Waals surface area contributed by atoms with Gasteiger partial charge in [0.25, 0.3) is 0 Å². The van der Waals surface area contributed by atoms with Crippen molar-refractivity contribution in [2.24, 2.45) is 11.8 Å². The summed E-state index contributed by atoms with van der Waals surface area (Å²) in [5, 5.41) is 3.67. The lowest BCUT2D eigenvalue weighted by atomic mass is 9.90. The van der Waals surface area contributed by atoms with Crippen LogP contribution in [0.2, 0.25) is 0 Å². The van der Waals surface area contributed by atoms with E-state index in [0.29, 0.717) is 6.04 Å². The van der Waals surface area contributed by atoms with Crippen LogP contribution in [0.1, 0.15) is 30.9 Å². The molecule has 1 heterocycles. The average Bonchev–Trinajstić information content (AvgIpc) is 2.79. The second kappa shape index (κ2) is 3.39. The standard InChI is InChI=1S/C13H17N/c1-2-5-10(6-3-1)13-12-8-4-7-11(12)9-14-13/h1-3,5-6,11-14H,4,7-9H2/t11-,12-,13+/m0/s1. The molecule has 3 atom stereocenters. The minimum atomic E-state index is 0.642. The fourth-order valence-electron chi connectivity index (χ4n) is 3.21. The van der Waals surface area contributed by atoms with Crippen molar-refractivity contribution < 1.29 is 0 Å². The fraction of sp³-hybridized carbons (Fsp3) is 0.538. The van der Waals surface area contributed by atoms with E-state index in [-0.39, 0.29) is 0 Å². The highest BCUT2D eigenvalue weighted by Gasteiger charge is 2.39. The first-order valence-corrected chi connectivity index (χ1v) is 5.73. The molecule has 0 spiro atoms. The molecule has 0 unspecified atom stereocenters. The summed E-state index contributed by atoms with van der Waals surface area (Å²) < 4.78 is 0. The molecule has 1 aromatic carbocycles. The maximum Gasteiger partial charge on any atom is 0.0351 e. The van der Waals surface area contributed by atoms with Gasteiger partial charge in [-0.25, -0.2) is 0 Å². The predicted octanol–water partition coefficient (Wildman–Crippen LogP) is 2.75. The molecule has 0 amide bonds. The molecule has 1 aromatic rings. The van der Waals surface area contributed by atoms with Gasteiger partial charge in [-0.05, 0) is 36.8 Å². The van der Waals surface area contributed by atoms with E-state index in [1.165, 1.54) is 31.4 Å². The molecular formula is C13H17N. The third-order valence-electron chi connectivity index (χ3n) is 3.90. The Labute approximate surface area is 85.5 Å². The minimum absolute atomic E-state index is 0.642. The molecule has 1 N–H and O–H groups in total. The van der Waals surface area contributed by atoms with Crippen LogP contribution in [-0.2, 0) is 0 Å². The molecule has 0 radical (unpaired) electrons. The molecule has 3 rings (SSSR count). The van der Waals surface area contributed by atoms with Crippen LogP contribution in [-0.4, -0.2) is 6.54 Å². The highest BCUT2D eigenvalue weighted by Crippen LogP contribution is 2.44. The summed E-state index contributed by atoms with van der Waals surface area (Å²) in [7, 11) is 0. The van der Waals surface area contributed by atoms with E-state index >= 15 is 0 Å². The van der Waals surface area contributed by atoms with Crippen molar-refractivity contribution in [1.82, 2.24) is 5.32 Å². The lowest BCUT2D eigenvalue weighted by molar-refractivity contribution is 0.421. The lowest BCUT2D eigenvalue weighted by Gasteiger charge is -2.18. The van der Waals surface area contributed by atoms with Crippen molar-refractivity contribution in [3.63, 3.8) is 0 Å². The van der Waals surface area contributed by atoms with Gasteiger partial charge in [-0.2, -0.15) is 0 Å². The Morgan fingerprint density at radius 1 is 1.07 bits per heavy atom. The van der Waals surface area contributed by atoms with Gasteiger partial charge in [0.2, 0.25) is 0 Å². The third kappa shape index (κ3) is 1.27. The molecule has 1 saturated heterocycles. The van der Waals surface area contributed by atoms with Gasteiger partial charge in [0, 0.05) is 6.04 Å². The maximum absolute atomic E-state index is 3.67. The van der Waals surface area contributed by atoms with Crippen LogP contribution >= 0.6 is 0 Å². The molecule has 1 heteroatoms. The first kappa shape index (κ1) is 8.49. The Hall–Kier alpha value is -0.820. The van der Waals surface area contributed by atoms with Crippen LogP contribution in [0.25, 0.3) is 0 Å². The second-order valence-corrected chi connectivity index (χ2v) is 4.65. The number of hydrogen-bond donors (Lipinski definition) is 1. The Morgan fingerprint density at radius 3 is 2.79 bits per heavy atom. The zero-order chi connectivity index (χ0) is 9.38. The largest absolute Gasteiger partial charge is 0.309 e. The lowest BCUT2D eigenvalue weighted by Crippen LogP contribution is -2.17. The first-order chi connectivity index (χ1) is 6.95. The summed E-state index contributed by atoms with van der Waals surface area (Å²) in [6.45, 7) is 1.24. The number of hydrogen-bond acceptors (Lipinski definition) is 1. The van der Waals surface area contributed by atoms with Crippen LogP contribution in [0.15, 0.2) is 30.3 Å². The van der Waals surface area contributed by atoms with Crippen molar-refractivity contribution in [3.05, 3.63) is 35.9 Å². The molecule has 1 nitrogen and oxygen atoms in total. The topological polar surface area (TPSA) is 12.0 Å². The highest BCUT2D eigenvalue weighted by atomic mass is 15.0. The van der Waals surface area contributed by atoms with E-state index in [4.69, 9.17) is 0 Å². The molecule has 1 saturated carbocycles. The molecule has 0 bridgehead atoms. The van der Waals surface area contributed by atoms with E-state index in [1.54, 1.807) is 0 Å². The van der Waals surface area contributed by atoms with Crippen molar-refractivity contribution in [1.29, 1.82) is 0 Å². The van der Waals surface area contributed by atoms with Crippen LogP contribution < -0.4 is 5.32 Å². The van der Waals surface area contributed by atoms with Crippen molar-refractivity contribution in [2.75, 3.05) is 6.54 Å². The van der Waals surface area contributed by atoms with Crippen LogP contribution in [0.5, 0.6) is 0 Å². The van der Waals surface area contributed by atoms with Crippen molar-refractivity contribution >= 4 is 0 Å². The van der Waals surface area contributed by atoms with E-state index in [0.717, 1.165) is 11.8 Å². The molecule has 14 heavy (non-hydrogen) atoms. The van der Waals surface area contributed by atoms with Gasteiger partial charge in [0.05, 0.1) is 0 Å². The zero-order valence-electron chi connectivity index (χ0n) is 8.45. The summed E-state index contributed by atoms with van der Waals surface area (Å²) in [4.78, 5) is 0. The van der Waals surface area contributed by atoms with Gasteiger partial charge >= 0.3 is 0 Å². The number of nitrogens with one attached hydrogen (secondary N) is 1. The summed E-state index contributed by atoms with van der Waals surface area (Å²) in [5.74, 6) is 1.87. The van der Waals surface area contributed by atoms with Gasteiger partial charge in [-0.1, -0.05) is 36.8 Å². The Bertz CT molecular complexity index is 306. The van der Waals surface area contributed by atoms with Gasteiger partial charge in [-0.3, -0.25) is 0 Å². The molecule has 2 aliphatic rings. The molecule has 2 fully saturated rings. The highest BCUT2D eigenvalue weighted by molar-refractivity contribution is 5.21. The van der Waals surface area contributed by atoms with Crippen LogP contribution in [0.4, 0.5) is 0 Å². The minimum Gasteiger partial charge on any atom is -0.309 e. The normalized spacial score (nSPS) is 35.9. The molecule has 1 aliphatic carbocycles. The molecule has 74 valence electrons. The molecular weight excluding hydrogens is 170 g/mol. The SMILES string of the molecule is c1ccc([C@H]2NC[C@@H]3CCC[C@@H]32)cc1. The van der Waals surface area contributed by atoms with Crippen molar-refractivity contribution in [3.8, 4) is 0 Å². The summed E-state index contributed by atoms with van der Waals surface area (Å²) in [5.41, 5.74) is 1.49. The maximum atomic E-state index is 3.67. The number of benzene rings is 1. The predicted molar refractivity (Wildman–Crippen MR) is 58.0 cm³/mol. The van der Waals surface area contributed by atoms with E-state index < -0.39 is 0 Å². The Kier molecular flexibility index (Phi) is 2.06. The first-order valence-electron chi connectivity index (χ1n) is 5.73. The summed E-state index contributed by atoms with van der Waals surface area (Å²) in [6, 6.07) is 11.6.